The number of benzene rings is 1. The van der Waals surface area contributed by atoms with E-state index in [0.717, 1.165) is 12.8 Å². The number of halogens is 2. The van der Waals surface area contributed by atoms with Crippen molar-refractivity contribution in [2.45, 2.75) is 12.8 Å². The molecule has 0 unspecified atom stereocenters. The van der Waals surface area contributed by atoms with Gasteiger partial charge in [0.15, 0.2) is 6.61 Å². The van der Waals surface area contributed by atoms with Crippen LogP contribution in [0.2, 0.25) is 10.0 Å². The first-order valence-corrected chi connectivity index (χ1v) is 7.88. The summed E-state index contributed by atoms with van der Waals surface area (Å²) >= 11 is 11.7. The van der Waals surface area contributed by atoms with Gasteiger partial charge in [0.25, 0.3) is 5.91 Å². The zero-order valence-electron chi connectivity index (χ0n) is 11.7. The third-order valence-electron chi connectivity index (χ3n) is 4.07. The molecule has 2 bridgehead atoms. The van der Waals surface area contributed by atoms with Gasteiger partial charge in [0, 0.05) is 15.7 Å². The third kappa shape index (κ3) is 3.45. The van der Waals surface area contributed by atoms with E-state index in [1.54, 1.807) is 18.2 Å². The van der Waals surface area contributed by atoms with E-state index in [1.807, 2.05) is 0 Å². The summed E-state index contributed by atoms with van der Waals surface area (Å²) in [7, 11) is 0. The average Bonchev–Trinajstić information content (AvgIpc) is 3.06. The van der Waals surface area contributed by atoms with Crippen molar-refractivity contribution in [1.82, 2.24) is 0 Å². The van der Waals surface area contributed by atoms with Crippen molar-refractivity contribution in [3.05, 3.63) is 40.4 Å². The van der Waals surface area contributed by atoms with E-state index in [4.69, 9.17) is 27.9 Å². The van der Waals surface area contributed by atoms with Gasteiger partial charge < -0.3 is 10.1 Å². The Labute approximate surface area is 138 Å². The molecule has 1 N–H and O–H groups in total. The molecule has 0 saturated heterocycles. The van der Waals surface area contributed by atoms with Gasteiger partial charge in [0.05, 0.1) is 5.92 Å². The zero-order valence-corrected chi connectivity index (χ0v) is 13.2. The maximum absolute atomic E-state index is 12.0. The van der Waals surface area contributed by atoms with Crippen molar-refractivity contribution in [2.75, 3.05) is 11.9 Å². The monoisotopic (exact) mass is 339 g/mol. The minimum absolute atomic E-state index is 0.108. The van der Waals surface area contributed by atoms with Crippen LogP contribution >= 0.6 is 23.2 Å². The summed E-state index contributed by atoms with van der Waals surface area (Å²) in [5.74, 6) is -0.0535. The van der Waals surface area contributed by atoms with Gasteiger partial charge in [-0.1, -0.05) is 35.4 Å². The number of anilines is 1. The van der Waals surface area contributed by atoms with Crippen LogP contribution in [0.1, 0.15) is 12.8 Å². The predicted octanol–water partition coefficient (Wildman–Crippen LogP) is 3.69. The molecule has 0 heterocycles. The summed E-state index contributed by atoms with van der Waals surface area (Å²) in [4.78, 5) is 23.8. The minimum Gasteiger partial charge on any atom is -0.455 e. The number of amides is 1. The third-order valence-corrected chi connectivity index (χ3v) is 4.51. The first-order chi connectivity index (χ1) is 10.5. The minimum atomic E-state index is -0.412. The summed E-state index contributed by atoms with van der Waals surface area (Å²) < 4.78 is 5.12. The maximum atomic E-state index is 12.0. The summed E-state index contributed by atoms with van der Waals surface area (Å²) in [6.45, 7) is -0.305. The second-order valence-electron chi connectivity index (χ2n) is 5.70. The molecule has 22 heavy (non-hydrogen) atoms. The quantitative estimate of drug-likeness (QED) is 0.672. The topological polar surface area (TPSA) is 55.4 Å². The molecule has 0 aromatic heterocycles. The standard InChI is InChI=1S/C16H15Cl2NO3/c17-11-5-12(18)7-13(6-11)19-15(20)8-22-16(21)14-4-9-1-2-10(14)3-9/h1-2,5-7,9-10,14H,3-4,8H2,(H,19,20)/t9-,10-,14+/m0/s1. The number of hydrogen-bond acceptors (Lipinski definition) is 3. The van der Waals surface area contributed by atoms with Crippen LogP contribution in [0.5, 0.6) is 0 Å². The number of hydrogen-bond donors (Lipinski definition) is 1. The van der Waals surface area contributed by atoms with Gasteiger partial charge in [0.1, 0.15) is 0 Å². The maximum Gasteiger partial charge on any atom is 0.310 e. The molecular formula is C16H15Cl2NO3. The summed E-state index contributed by atoms with van der Waals surface area (Å²) in [6, 6.07) is 4.73. The molecule has 1 fully saturated rings. The van der Waals surface area contributed by atoms with Gasteiger partial charge in [-0.15, -0.1) is 0 Å². The van der Waals surface area contributed by atoms with Gasteiger partial charge in [-0.2, -0.15) is 0 Å². The lowest BCUT2D eigenvalue weighted by Gasteiger charge is -2.16. The molecule has 116 valence electrons. The molecule has 1 saturated carbocycles. The molecule has 4 nitrogen and oxygen atoms in total. The second kappa shape index (κ2) is 6.31. The summed E-state index contributed by atoms with van der Waals surface area (Å²) in [5, 5.41) is 3.45. The number of esters is 1. The van der Waals surface area contributed by atoms with Crippen LogP contribution < -0.4 is 5.32 Å². The highest BCUT2D eigenvalue weighted by molar-refractivity contribution is 6.35. The van der Waals surface area contributed by atoms with Crippen LogP contribution in [0.15, 0.2) is 30.4 Å². The van der Waals surface area contributed by atoms with Crippen LogP contribution in [0, 0.1) is 17.8 Å². The Balaban J connectivity index is 1.50. The van der Waals surface area contributed by atoms with E-state index in [-0.39, 0.29) is 24.4 Å². The molecule has 2 aliphatic carbocycles. The first kappa shape index (κ1) is 15.4. The predicted molar refractivity (Wildman–Crippen MR) is 84.9 cm³/mol. The molecule has 1 amide bonds. The molecule has 6 heteroatoms. The highest BCUT2D eigenvalue weighted by Crippen LogP contribution is 2.43. The number of fused-ring (bicyclic) bond motifs is 2. The smallest absolute Gasteiger partial charge is 0.310 e. The molecule has 2 aliphatic rings. The van der Waals surface area contributed by atoms with Gasteiger partial charge in [-0.3, -0.25) is 9.59 Å². The largest absolute Gasteiger partial charge is 0.455 e. The molecule has 1 aromatic rings. The Bertz CT molecular complexity index is 624. The summed E-state index contributed by atoms with van der Waals surface area (Å²) in [6.07, 6.45) is 6.08. The van der Waals surface area contributed by atoms with Crippen molar-refractivity contribution in [3.63, 3.8) is 0 Å². The number of allylic oxidation sites excluding steroid dienone is 2. The molecule has 3 atom stereocenters. The van der Waals surface area contributed by atoms with Crippen molar-refractivity contribution in [1.29, 1.82) is 0 Å². The first-order valence-electron chi connectivity index (χ1n) is 7.12. The number of ether oxygens (including phenoxy) is 1. The fraction of sp³-hybridized carbons (Fsp3) is 0.375. The van der Waals surface area contributed by atoms with Gasteiger partial charge >= 0.3 is 5.97 Å². The Hall–Kier alpha value is -1.52. The lowest BCUT2D eigenvalue weighted by molar-refractivity contribution is -0.152. The van der Waals surface area contributed by atoms with Crippen molar-refractivity contribution >= 4 is 40.8 Å². The van der Waals surface area contributed by atoms with Crippen LogP contribution in [0.4, 0.5) is 5.69 Å². The second-order valence-corrected chi connectivity index (χ2v) is 6.57. The Morgan fingerprint density at radius 1 is 1.14 bits per heavy atom. The van der Waals surface area contributed by atoms with Crippen LogP contribution in [-0.4, -0.2) is 18.5 Å². The number of carbonyl (C=O) groups excluding carboxylic acids is 2. The van der Waals surface area contributed by atoms with E-state index >= 15 is 0 Å². The molecule has 3 rings (SSSR count). The van der Waals surface area contributed by atoms with Crippen molar-refractivity contribution in [3.8, 4) is 0 Å². The normalized spacial score (nSPS) is 25.3. The van der Waals surface area contributed by atoms with Gasteiger partial charge in [0.2, 0.25) is 0 Å². The van der Waals surface area contributed by atoms with E-state index in [9.17, 15) is 9.59 Å². The Morgan fingerprint density at radius 2 is 1.86 bits per heavy atom. The van der Waals surface area contributed by atoms with Gasteiger partial charge in [-0.05, 0) is 42.9 Å². The molecule has 0 spiro atoms. The van der Waals surface area contributed by atoms with Crippen LogP contribution in [0.3, 0.4) is 0 Å². The zero-order chi connectivity index (χ0) is 15.7. The molecule has 0 radical (unpaired) electrons. The fourth-order valence-corrected chi connectivity index (χ4v) is 3.64. The molecule has 1 aromatic carbocycles. The lowest BCUT2D eigenvalue weighted by atomic mass is 9.94. The van der Waals surface area contributed by atoms with E-state index in [0.29, 0.717) is 21.7 Å². The van der Waals surface area contributed by atoms with Crippen molar-refractivity contribution in [2.24, 2.45) is 17.8 Å². The van der Waals surface area contributed by atoms with Crippen LogP contribution in [-0.2, 0) is 14.3 Å². The number of rotatable bonds is 4. The van der Waals surface area contributed by atoms with Crippen LogP contribution in [0.25, 0.3) is 0 Å². The van der Waals surface area contributed by atoms with E-state index in [1.165, 1.54) is 0 Å². The average molecular weight is 340 g/mol. The Kier molecular flexibility index (Phi) is 4.41. The molecule has 0 aliphatic heterocycles. The summed E-state index contributed by atoms with van der Waals surface area (Å²) in [5.41, 5.74) is 0.474. The lowest BCUT2D eigenvalue weighted by Crippen LogP contribution is -2.26. The molecular weight excluding hydrogens is 325 g/mol. The van der Waals surface area contributed by atoms with E-state index < -0.39 is 5.91 Å². The highest BCUT2D eigenvalue weighted by atomic mass is 35.5. The highest BCUT2D eigenvalue weighted by Gasteiger charge is 2.40. The number of carbonyl (C=O) groups is 2. The van der Waals surface area contributed by atoms with Gasteiger partial charge in [-0.25, -0.2) is 0 Å². The SMILES string of the molecule is O=C(COC(=O)[C@@H]1C[C@H]2C=C[C@H]1C2)Nc1cc(Cl)cc(Cl)c1. The van der Waals surface area contributed by atoms with Crippen molar-refractivity contribution < 1.29 is 14.3 Å². The number of nitrogens with one attached hydrogen (secondary N) is 1. The Morgan fingerprint density at radius 3 is 2.45 bits per heavy atom. The van der Waals surface area contributed by atoms with E-state index in [2.05, 4.69) is 17.5 Å². The fourth-order valence-electron chi connectivity index (χ4n) is 3.12.